The van der Waals surface area contributed by atoms with Crippen molar-refractivity contribution < 1.29 is 0 Å². The summed E-state index contributed by atoms with van der Waals surface area (Å²) in [4.78, 5) is 0. The average molecular weight is 907 g/mol. The summed E-state index contributed by atoms with van der Waals surface area (Å²) in [6.07, 6.45) is 0. The van der Waals surface area contributed by atoms with Crippen molar-refractivity contribution in [3.05, 3.63) is 154 Å². The normalized spacial score (nSPS) is 13.6. The summed E-state index contributed by atoms with van der Waals surface area (Å²) in [6.45, 7) is 56.5. The van der Waals surface area contributed by atoms with Crippen molar-refractivity contribution in [2.75, 3.05) is 0 Å². The van der Waals surface area contributed by atoms with Crippen molar-refractivity contribution in [1.29, 1.82) is 0 Å². The SMILES string of the molecule is CC(C)(C)c1ccc(-c2ccc(-c3ccc(-c4ccc(C(C)(C)C)cc4C(C)(C)C)c(-c4ccc(C(C)(C)C)cc4C(C)(C)C)c3)cc2-c2ccc(C(C)(C)C)cc2C(C)(C)C)c(C(C)(C)C)c1. The molecule has 0 amide bonds. The predicted molar refractivity (Wildman–Crippen MR) is 303 cm³/mol. The van der Waals surface area contributed by atoms with E-state index in [4.69, 9.17) is 0 Å². The van der Waals surface area contributed by atoms with Gasteiger partial charge >= 0.3 is 0 Å². The monoisotopic (exact) mass is 907 g/mol. The minimum atomic E-state index is -0.0858. The van der Waals surface area contributed by atoms with E-state index in [1.807, 2.05) is 0 Å². The molecule has 0 bridgehead atoms. The molecule has 6 rings (SSSR count). The van der Waals surface area contributed by atoms with Crippen LogP contribution in [0.4, 0.5) is 0 Å². The van der Waals surface area contributed by atoms with E-state index in [1.54, 1.807) is 0 Å². The fraction of sp³-hybridized carbons (Fsp3) is 0.471. The quantitative estimate of drug-likeness (QED) is 0.162. The second-order valence-electron chi connectivity index (χ2n) is 28.6. The van der Waals surface area contributed by atoms with Crippen molar-refractivity contribution in [3.63, 3.8) is 0 Å². The molecule has 0 nitrogen and oxygen atoms in total. The molecule has 6 aromatic carbocycles. The summed E-state index contributed by atoms with van der Waals surface area (Å²) in [7, 11) is 0. The average Bonchev–Trinajstić information content (AvgIpc) is 3.20. The third kappa shape index (κ3) is 11.2. The lowest BCUT2D eigenvalue weighted by molar-refractivity contribution is 0.568. The summed E-state index contributed by atoms with van der Waals surface area (Å²) < 4.78 is 0. The Bertz CT molecular complexity index is 2610. The molecular weight excluding hydrogens is 817 g/mol. The van der Waals surface area contributed by atoms with E-state index in [0.717, 1.165) is 0 Å². The molecule has 0 aromatic heterocycles. The van der Waals surface area contributed by atoms with Crippen LogP contribution < -0.4 is 0 Å². The maximum atomic E-state index is 2.52. The van der Waals surface area contributed by atoms with Gasteiger partial charge in [0.1, 0.15) is 0 Å². The summed E-state index contributed by atoms with van der Waals surface area (Å²) >= 11 is 0. The predicted octanol–water partition coefficient (Wildman–Crippen LogP) is 20.4. The van der Waals surface area contributed by atoms with Crippen molar-refractivity contribution in [1.82, 2.24) is 0 Å². The smallest absolute Gasteiger partial charge is 0.00962 e. The van der Waals surface area contributed by atoms with Crippen LogP contribution in [-0.4, -0.2) is 0 Å². The van der Waals surface area contributed by atoms with Crippen LogP contribution in [0.2, 0.25) is 0 Å². The van der Waals surface area contributed by atoms with Crippen LogP contribution in [-0.2, 0) is 43.3 Å². The van der Waals surface area contributed by atoms with Gasteiger partial charge in [0.2, 0.25) is 0 Å². The molecule has 362 valence electrons. The van der Waals surface area contributed by atoms with E-state index in [1.165, 1.54) is 100 Å². The lowest BCUT2D eigenvalue weighted by Crippen LogP contribution is -2.18. The zero-order chi connectivity index (χ0) is 51.1. The van der Waals surface area contributed by atoms with Gasteiger partial charge in [0.25, 0.3) is 0 Å². The molecule has 0 saturated carbocycles. The van der Waals surface area contributed by atoms with E-state index < -0.39 is 0 Å². The Morgan fingerprint density at radius 1 is 0.176 bits per heavy atom. The van der Waals surface area contributed by atoms with E-state index in [2.05, 4.69) is 275 Å². The fourth-order valence-electron chi connectivity index (χ4n) is 9.83. The molecule has 68 heavy (non-hydrogen) atoms. The standard InChI is InChI=1S/C68H90/c1-61(2,3)45-27-33-51(57(39-45)65(13,14)15)49-31-25-43(37-55(49)53-35-29-47(63(7,8)9)41-59(53)67(19,20)21)44-26-32-50(52-34-28-46(62(4,5)6)40-58(52)66(16,17)18)56(38-44)54-36-30-48(64(10,11)12)42-60(54)68(22,23)24/h25-42H,1-24H3. The van der Waals surface area contributed by atoms with Crippen LogP contribution in [0.25, 0.3) is 55.6 Å². The van der Waals surface area contributed by atoms with Crippen LogP contribution in [0, 0.1) is 0 Å². The van der Waals surface area contributed by atoms with E-state index in [9.17, 15) is 0 Å². The van der Waals surface area contributed by atoms with Gasteiger partial charge in [0.05, 0.1) is 0 Å². The Kier molecular flexibility index (Phi) is 13.7. The first-order valence-corrected chi connectivity index (χ1v) is 25.7. The first-order valence-electron chi connectivity index (χ1n) is 25.7. The molecule has 0 radical (unpaired) electrons. The van der Waals surface area contributed by atoms with Crippen LogP contribution in [0.15, 0.2) is 109 Å². The number of rotatable bonds is 5. The molecule has 0 atom stereocenters. The maximum Gasteiger partial charge on any atom is -0.00962 e. The number of hydrogen-bond acceptors (Lipinski definition) is 0. The number of hydrogen-bond donors (Lipinski definition) is 0. The highest BCUT2D eigenvalue weighted by Crippen LogP contribution is 2.49. The van der Waals surface area contributed by atoms with Crippen molar-refractivity contribution >= 4 is 0 Å². The summed E-state index contributed by atoms with van der Waals surface area (Å²) in [6, 6.07) is 43.9. The van der Waals surface area contributed by atoms with Crippen molar-refractivity contribution in [2.45, 2.75) is 209 Å². The first-order chi connectivity index (χ1) is 30.8. The number of benzene rings is 6. The molecule has 0 heteroatoms. The Balaban J connectivity index is 1.76. The molecule has 0 unspecified atom stereocenters. The van der Waals surface area contributed by atoms with Gasteiger partial charge < -0.3 is 0 Å². The minimum absolute atomic E-state index is 0.0282. The Morgan fingerprint density at radius 3 is 0.559 bits per heavy atom. The topological polar surface area (TPSA) is 0 Å². The first kappa shape index (κ1) is 52.7. The molecule has 0 N–H and O–H groups in total. The highest BCUT2D eigenvalue weighted by atomic mass is 14.3. The molecule has 0 spiro atoms. The van der Waals surface area contributed by atoms with E-state index in [-0.39, 0.29) is 43.3 Å². The summed E-state index contributed by atoms with van der Waals surface area (Å²) in [5.41, 5.74) is 23.7. The van der Waals surface area contributed by atoms with E-state index >= 15 is 0 Å². The highest BCUT2D eigenvalue weighted by molar-refractivity contribution is 5.93. The van der Waals surface area contributed by atoms with Gasteiger partial charge in [0.15, 0.2) is 0 Å². The van der Waals surface area contributed by atoms with Crippen LogP contribution >= 0.6 is 0 Å². The van der Waals surface area contributed by atoms with Crippen LogP contribution in [0.5, 0.6) is 0 Å². The van der Waals surface area contributed by atoms with Crippen LogP contribution in [0.3, 0.4) is 0 Å². The second-order valence-corrected chi connectivity index (χ2v) is 28.6. The van der Waals surface area contributed by atoms with E-state index in [0.29, 0.717) is 0 Å². The zero-order valence-electron chi connectivity index (χ0n) is 47.4. The highest BCUT2D eigenvalue weighted by Gasteiger charge is 2.31. The molecule has 0 saturated heterocycles. The lowest BCUT2D eigenvalue weighted by atomic mass is 9.73. The van der Waals surface area contributed by atoms with Crippen molar-refractivity contribution in [2.24, 2.45) is 0 Å². The van der Waals surface area contributed by atoms with Gasteiger partial charge in [-0.2, -0.15) is 0 Å². The molecule has 0 aliphatic heterocycles. The molecule has 0 heterocycles. The molecule has 6 aromatic rings. The zero-order valence-corrected chi connectivity index (χ0v) is 47.4. The largest absolute Gasteiger partial charge is 0.0579 e. The molecule has 0 aliphatic carbocycles. The fourth-order valence-corrected chi connectivity index (χ4v) is 9.83. The Labute approximate surface area is 416 Å². The van der Waals surface area contributed by atoms with Gasteiger partial charge in [-0.1, -0.05) is 263 Å². The summed E-state index contributed by atoms with van der Waals surface area (Å²) in [5, 5.41) is 0. The molecule has 0 aliphatic rings. The molecular formula is C68H90. The maximum absolute atomic E-state index is 2.52. The third-order valence-corrected chi connectivity index (χ3v) is 14.3. The van der Waals surface area contributed by atoms with Gasteiger partial charge in [-0.25, -0.2) is 0 Å². The second kappa shape index (κ2) is 17.6. The van der Waals surface area contributed by atoms with Crippen LogP contribution in [0.1, 0.15) is 211 Å². The Morgan fingerprint density at radius 2 is 0.368 bits per heavy atom. The van der Waals surface area contributed by atoms with Crippen molar-refractivity contribution in [3.8, 4) is 55.6 Å². The lowest BCUT2D eigenvalue weighted by Gasteiger charge is -2.31. The van der Waals surface area contributed by atoms with Gasteiger partial charge in [0, 0.05) is 0 Å². The third-order valence-electron chi connectivity index (χ3n) is 14.3. The molecule has 0 fully saturated rings. The van der Waals surface area contributed by atoms with Gasteiger partial charge in [-0.15, -0.1) is 0 Å². The van der Waals surface area contributed by atoms with Gasteiger partial charge in [-0.3, -0.25) is 0 Å². The summed E-state index contributed by atoms with van der Waals surface area (Å²) in [5.74, 6) is 0. The van der Waals surface area contributed by atoms with Gasteiger partial charge in [-0.05, 0) is 156 Å². The Hall–Kier alpha value is -4.68. The minimum Gasteiger partial charge on any atom is -0.0579 e.